The van der Waals surface area contributed by atoms with Crippen molar-refractivity contribution in [3.05, 3.63) is 59.4 Å². The highest BCUT2D eigenvalue weighted by molar-refractivity contribution is 5.47. The van der Waals surface area contributed by atoms with Gasteiger partial charge < -0.3 is 14.8 Å². The Balaban J connectivity index is 1.28. The van der Waals surface area contributed by atoms with E-state index in [9.17, 15) is 4.39 Å². The average molecular weight is 356 g/mol. The SMILES string of the molecule is Fc1ccccc1CN1CCC(NCc2cccc3c2OCCO3)CC1. The molecule has 4 rings (SSSR count). The van der Waals surface area contributed by atoms with Crippen molar-refractivity contribution in [3.8, 4) is 11.5 Å². The summed E-state index contributed by atoms with van der Waals surface area (Å²) in [5, 5.41) is 3.65. The number of nitrogens with one attached hydrogen (secondary N) is 1. The zero-order valence-electron chi connectivity index (χ0n) is 14.9. The van der Waals surface area contributed by atoms with Gasteiger partial charge in [-0.05, 0) is 38.1 Å². The summed E-state index contributed by atoms with van der Waals surface area (Å²) in [5.74, 6) is 1.61. The van der Waals surface area contributed by atoms with E-state index in [1.165, 1.54) is 6.07 Å². The first-order valence-corrected chi connectivity index (χ1v) is 9.36. The molecule has 0 amide bonds. The van der Waals surface area contributed by atoms with Gasteiger partial charge in [0.25, 0.3) is 0 Å². The van der Waals surface area contributed by atoms with Crippen molar-refractivity contribution in [3.63, 3.8) is 0 Å². The monoisotopic (exact) mass is 356 g/mol. The Morgan fingerprint density at radius 2 is 1.73 bits per heavy atom. The van der Waals surface area contributed by atoms with Gasteiger partial charge in [0.2, 0.25) is 0 Å². The van der Waals surface area contributed by atoms with Crippen LogP contribution in [-0.4, -0.2) is 37.2 Å². The number of benzene rings is 2. The van der Waals surface area contributed by atoms with E-state index in [1.807, 2.05) is 24.3 Å². The molecule has 0 saturated carbocycles. The predicted octanol–water partition coefficient (Wildman–Crippen LogP) is 3.35. The Morgan fingerprint density at radius 1 is 0.962 bits per heavy atom. The zero-order valence-corrected chi connectivity index (χ0v) is 14.9. The molecule has 1 saturated heterocycles. The van der Waals surface area contributed by atoms with Crippen LogP contribution in [0.2, 0.25) is 0 Å². The summed E-state index contributed by atoms with van der Waals surface area (Å²) in [6, 6.07) is 13.6. The number of ether oxygens (including phenoxy) is 2. The number of halogens is 1. The van der Waals surface area contributed by atoms with Gasteiger partial charge in [-0.1, -0.05) is 30.3 Å². The average Bonchev–Trinajstić information content (AvgIpc) is 2.69. The van der Waals surface area contributed by atoms with Crippen molar-refractivity contribution in [2.75, 3.05) is 26.3 Å². The fraction of sp³-hybridized carbons (Fsp3) is 0.429. The van der Waals surface area contributed by atoms with Gasteiger partial charge in [-0.3, -0.25) is 4.90 Å². The van der Waals surface area contributed by atoms with Crippen molar-refractivity contribution in [1.82, 2.24) is 10.2 Å². The molecule has 0 atom stereocenters. The number of para-hydroxylation sites is 1. The van der Waals surface area contributed by atoms with Crippen LogP contribution in [0.3, 0.4) is 0 Å². The second-order valence-corrected chi connectivity index (χ2v) is 6.96. The molecule has 0 radical (unpaired) electrons. The maximum atomic E-state index is 13.8. The topological polar surface area (TPSA) is 33.7 Å². The number of fused-ring (bicyclic) bond motifs is 1. The third-order valence-electron chi connectivity index (χ3n) is 5.17. The molecule has 0 aliphatic carbocycles. The van der Waals surface area contributed by atoms with E-state index in [4.69, 9.17) is 9.47 Å². The van der Waals surface area contributed by atoms with E-state index in [-0.39, 0.29) is 5.82 Å². The van der Waals surface area contributed by atoms with E-state index < -0.39 is 0 Å². The molecule has 1 fully saturated rings. The van der Waals surface area contributed by atoms with Crippen molar-refractivity contribution >= 4 is 0 Å². The van der Waals surface area contributed by atoms with Crippen LogP contribution in [0.1, 0.15) is 24.0 Å². The lowest BCUT2D eigenvalue weighted by Crippen LogP contribution is -2.42. The number of piperidine rings is 1. The van der Waals surface area contributed by atoms with Crippen LogP contribution in [0.4, 0.5) is 4.39 Å². The minimum absolute atomic E-state index is 0.108. The lowest BCUT2D eigenvalue weighted by molar-refractivity contribution is 0.168. The van der Waals surface area contributed by atoms with Gasteiger partial charge in [0.05, 0.1) is 0 Å². The second kappa shape index (κ2) is 8.06. The Labute approximate surface area is 153 Å². The molecule has 26 heavy (non-hydrogen) atoms. The van der Waals surface area contributed by atoms with E-state index in [2.05, 4.69) is 16.3 Å². The Bertz CT molecular complexity index is 745. The molecule has 4 nitrogen and oxygen atoms in total. The summed E-state index contributed by atoms with van der Waals surface area (Å²) in [7, 11) is 0. The quantitative estimate of drug-likeness (QED) is 0.891. The summed E-state index contributed by atoms with van der Waals surface area (Å²) in [5.41, 5.74) is 1.93. The van der Waals surface area contributed by atoms with Crippen LogP contribution in [0.5, 0.6) is 11.5 Å². The molecular weight excluding hydrogens is 331 g/mol. The lowest BCUT2D eigenvalue weighted by Gasteiger charge is -2.32. The van der Waals surface area contributed by atoms with Crippen LogP contribution in [-0.2, 0) is 13.1 Å². The van der Waals surface area contributed by atoms with Crippen molar-refractivity contribution in [2.24, 2.45) is 0 Å². The first kappa shape index (κ1) is 17.3. The maximum absolute atomic E-state index is 13.8. The highest BCUT2D eigenvalue weighted by Crippen LogP contribution is 2.33. The Kier molecular flexibility index (Phi) is 5.37. The molecule has 2 heterocycles. The third kappa shape index (κ3) is 4.00. The van der Waals surface area contributed by atoms with Crippen molar-refractivity contribution < 1.29 is 13.9 Å². The van der Waals surface area contributed by atoms with E-state index in [1.54, 1.807) is 6.07 Å². The van der Waals surface area contributed by atoms with Crippen molar-refractivity contribution in [2.45, 2.75) is 32.0 Å². The molecule has 2 aromatic carbocycles. The molecule has 0 bridgehead atoms. The number of rotatable bonds is 5. The molecule has 0 unspecified atom stereocenters. The number of hydrogen-bond acceptors (Lipinski definition) is 4. The van der Waals surface area contributed by atoms with E-state index in [0.717, 1.165) is 55.1 Å². The molecule has 0 spiro atoms. The van der Waals surface area contributed by atoms with Gasteiger partial charge in [-0.25, -0.2) is 4.39 Å². The van der Waals surface area contributed by atoms with Crippen LogP contribution in [0.25, 0.3) is 0 Å². The highest BCUT2D eigenvalue weighted by Gasteiger charge is 2.21. The number of nitrogens with zero attached hydrogens (tertiary/aromatic N) is 1. The van der Waals surface area contributed by atoms with Gasteiger partial charge in [-0.15, -0.1) is 0 Å². The Hall–Kier alpha value is -2.11. The van der Waals surface area contributed by atoms with E-state index in [0.29, 0.717) is 25.8 Å². The van der Waals surface area contributed by atoms with Crippen LogP contribution in [0, 0.1) is 5.82 Å². The Morgan fingerprint density at radius 3 is 2.58 bits per heavy atom. The lowest BCUT2D eigenvalue weighted by atomic mass is 10.0. The summed E-state index contributed by atoms with van der Waals surface area (Å²) >= 11 is 0. The second-order valence-electron chi connectivity index (χ2n) is 6.96. The van der Waals surface area contributed by atoms with Gasteiger partial charge in [0, 0.05) is 30.3 Å². The summed E-state index contributed by atoms with van der Waals surface area (Å²) in [6.07, 6.45) is 2.14. The third-order valence-corrected chi connectivity index (χ3v) is 5.17. The molecule has 1 N–H and O–H groups in total. The minimum atomic E-state index is -0.108. The molecule has 138 valence electrons. The minimum Gasteiger partial charge on any atom is -0.486 e. The molecule has 2 aliphatic heterocycles. The first-order chi connectivity index (χ1) is 12.8. The highest BCUT2D eigenvalue weighted by atomic mass is 19.1. The zero-order chi connectivity index (χ0) is 17.8. The smallest absolute Gasteiger partial charge is 0.165 e. The van der Waals surface area contributed by atoms with Crippen LogP contribution < -0.4 is 14.8 Å². The molecule has 2 aliphatic rings. The summed E-state index contributed by atoms with van der Waals surface area (Å²) in [4.78, 5) is 2.33. The predicted molar refractivity (Wildman–Crippen MR) is 99.0 cm³/mol. The molecule has 0 aromatic heterocycles. The van der Waals surface area contributed by atoms with Gasteiger partial charge in [0.1, 0.15) is 19.0 Å². The summed E-state index contributed by atoms with van der Waals surface area (Å²) < 4.78 is 25.2. The maximum Gasteiger partial charge on any atom is 0.165 e. The fourth-order valence-electron chi connectivity index (χ4n) is 3.69. The summed E-state index contributed by atoms with van der Waals surface area (Å²) in [6.45, 7) is 4.67. The van der Waals surface area contributed by atoms with Gasteiger partial charge in [0.15, 0.2) is 11.5 Å². The fourth-order valence-corrected chi connectivity index (χ4v) is 3.69. The van der Waals surface area contributed by atoms with Crippen molar-refractivity contribution in [1.29, 1.82) is 0 Å². The number of hydrogen-bond donors (Lipinski definition) is 1. The normalized spacial score (nSPS) is 18.0. The largest absolute Gasteiger partial charge is 0.486 e. The van der Waals surface area contributed by atoms with E-state index >= 15 is 0 Å². The van der Waals surface area contributed by atoms with Crippen LogP contribution >= 0.6 is 0 Å². The van der Waals surface area contributed by atoms with Crippen LogP contribution in [0.15, 0.2) is 42.5 Å². The molecule has 5 heteroatoms. The number of likely N-dealkylation sites (tertiary alicyclic amines) is 1. The van der Waals surface area contributed by atoms with Gasteiger partial charge >= 0.3 is 0 Å². The first-order valence-electron chi connectivity index (χ1n) is 9.36. The molecule has 2 aromatic rings. The molecular formula is C21H25FN2O2. The van der Waals surface area contributed by atoms with Gasteiger partial charge in [-0.2, -0.15) is 0 Å². The standard InChI is InChI=1S/C21H25FN2O2/c22-19-6-2-1-4-17(19)15-24-10-8-18(9-11-24)23-14-16-5-3-7-20-21(16)26-13-12-25-20/h1-7,18,23H,8-15H2.